The first-order chi connectivity index (χ1) is 11.1. The van der Waals surface area contributed by atoms with E-state index in [-0.39, 0.29) is 11.9 Å². The van der Waals surface area contributed by atoms with Crippen molar-refractivity contribution in [2.24, 2.45) is 7.05 Å². The summed E-state index contributed by atoms with van der Waals surface area (Å²) < 4.78 is 6.95. The maximum Gasteiger partial charge on any atom is 0.322 e. The summed E-state index contributed by atoms with van der Waals surface area (Å²) in [5, 5.41) is 14.8. The average molecular weight is 330 g/mol. The number of hydrogen-bond acceptors (Lipinski definition) is 5. The number of carbonyl (C=O) groups excluding carboxylic acids is 1. The molecule has 23 heavy (non-hydrogen) atoms. The van der Waals surface area contributed by atoms with Gasteiger partial charge < -0.3 is 4.42 Å². The monoisotopic (exact) mass is 329 g/mol. The maximum atomic E-state index is 11.9. The highest BCUT2D eigenvalue weighted by Crippen LogP contribution is 2.18. The third-order valence-electron chi connectivity index (χ3n) is 2.91. The Hall–Kier alpha value is -2.93. The minimum atomic E-state index is -0.402. The molecular formula is C15H12ClN5O2. The first-order valence-corrected chi connectivity index (χ1v) is 7.07. The molecule has 0 unspecified atom stereocenters. The topological polar surface area (TPSA) is 85.8 Å². The summed E-state index contributed by atoms with van der Waals surface area (Å²) in [5.41, 5.74) is 1.27. The van der Waals surface area contributed by atoms with Gasteiger partial charge in [0.15, 0.2) is 0 Å². The third kappa shape index (κ3) is 3.64. The highest BCUT2D eigenvalue weighted by atomic mass is 35.5. The van der Waals surface area contributed by atoms with Crippen molar-refractivity contribution in [2.45, 2.75) is 0 Å². The van der Waals surface area contributed by atoms with Crippen molar-refractivity contribution in [3.05, 3.63) is 53.2 Å². The van der Waals surface area contributed by atoms with E-state index in [4.69, 9.17) is 16.0 Å². The zero-order valence-electron chi connectivity index (χ0n) is 12.1. The summed E-state index contributed by atoms with van der Waals surface area (Å²) >= 11 is 6.01. The smallest absolute Gasteiger partial charge is 0.322 e. The molecule has 0 fully saturated rings. The van der Waals surface area contributed by atoms with Gasteiger partial charge in [0.1, 0.15) is 5.69 Å². The van der Waals surface area contributed by atoms with Gasteiger partial charge in [0.05, 0.1) is 0 Å². The number of aryl methyl sites for hydroxylation is 1. The van der Waals surface area contributed by atoms with E-state index in [2.05, 4.69) is 20.6 Å². The molecule has 0 atom stereocenters. The van der Waals surface area contributed by atoms with Crippen LogP contribution in [0.3, 0.4) is 0 Å². The normalized spacial score (nSPS) is 11.0. The van der Waals surface area contributed by atoms with Gasteiger partial charge in [0.2, 0.25) is 0 Å². The van der Waals surface area contributed by atoms with Gasteiger partial charge in [-0.2, -0.15) is 5.10 Å². The van der Waals surface area contributed by atoms with Crippen LogP contribution >= 0.6 is 11.6 Å². The number of halogens is 1. The Labute approximate surface area is 136 Å². The zero-order chi connectivity index (χ0) is 16.2. The molecule has 0 bridgehead atoms. The molecule has 1 amide bonds. The average Bonchev–Trinajstić information content (AvgIpc) is 3.15. The van der Waals surface area contributed by atoms with Crippen LogP contribution in [0.2, 0.25) is 5.02 Å². The van der Waals surface area contributed by atoms with Gasteiger partial charge in [0, 0.05) is 24.3 Å². The summed E-state index contributed by atoms with van der Waals surface area (Å²) in [6.45, 7) is 0. The Morgan fingerprint density at radius 1 is 1.30 bits per heavy atom. The summed E-state index contributed by atoms with van der Waals surface area (Å²) in [6, 6.07) is 8.93. The molecule has 0 aliphatic carbocycles. The molecular weight excluding hydrogens is 318 g/mol. The number of carbonyl (C=O) groups is 1. The summed E-state index contributed by atoms with van der Waals surface area (Å²) in [4.78, 5) is 11.9. The Morgan fingerprint density at radius 3 is 2.87 bits per heavy atom. The second kappa shape index (κ2) is 6.45. The van der Waals surface area contributed by atoms with E-state index < -0.39 is 5.91 Å². The van der Waals surface area contributed by atoms with Crippen LogP contribution in [0, 0.1) is 0 Å². The molecule has 1 aromatic carbocycles. The largest absolute Gasteiger partial charge is 0.401 e. The van der Waals surface area contributed by atoms with Crippen molar-refractivity contribution in [1.82, 2.24) is 20.0 Å². The molecule has 2 aromatic heterocycles. The lowest BCUT2D eigenvalue weighted by molar-refractivity contribution is -0.112. The second-order valence-electron chi connectivity index (χ2n) is 4.63. The second-order valence-corrected chi connectivity index (χ2v) is 5.04. The predicted octanol–water partition coefficient (Wildman–Crippen LogP) is 2.78. The highest BCUT2D eigenvalue weighted by molar-refractivity contribution is 6.32. The molecule has 3 aromatic rings. The van der Waals surface area contributed by atoms with E-state index in [1.54, 1.807) is 42.2 Å². The van der Waals surface area contributed by atoms with E-state index in [1.807, 2.05) is 12.1 Å². The molecule has 0 spiro atoms. The van der Waals surface area contributed by atoms with E-state index in [9.17, 15) is 4.79 Å². The van der Waals surface area contributed by atoms with Gasteiger partial charge in [-0.1, -0.05) is 34.9 Å². The number of nitrogens with one attached hydrogen (secondary N) is 1. The van der Waals surface area contributed by atoms with Gasteiger partial charge >= 0.3 is 6.01 Å². The minimum Gasteiger partial charge on any atom is -0.401 e. The van der Waals surface area contributed by atoms with Crippen LogP contribution in [0.25, 0.3) is 17.7 Å². The summed E-state index contributed by atoms with van der Waals surface area (Å²) in [5.74, 6) is -0.169. The number of amides is 1. The molecule has 1 N–H and O–H groups in total. The fourth-order valence-electron chi connectivity index (χ4n) is 1.83. The Kier molecular flexibility index (Phi) is 4.20. The van der Waals surface area contributed by atoms with E-state index >= 15 is 0 Å². The van der Waals surface area contributed by atoms with Crippen LogP contribution in [-0.2, 0) is 11.8 Å². The van der Waals surface area contributed by atoms with E-state index in [0.717, 1.165) is 5.56 Å². The number of aromatic nitrogens is 4. The third-order valence-corrected chi connectivity index (χ3v) is 3.25. The Bertz CT molecular complexity index is 868. The van der Waals surface area contributed by atoms with Crippen LogP contribution in [0.1, 0.15) is 5.56 Å². The predicted molar refractivity (Wildman–Crippen MR) is 85.6 cm³/mol. The van der Waals surface area contributed by atoms with Crippen LogP contribution in [0.15, 0.2) is 47.0 Å². The van der Waals surface area contributed by atoms with Crippen molar-refractivity contribution in [3.8, 4) is 11.6 Å². The fraction of sp³-hybridized carbons (Fsp3) is 0.0667. The first-order valence-electron chi connectivity index (χ1n) is 6.69. The number of hydrogen-bond donors (Lipinski definition) is 1. The number of nitrogens with zero attached hydrogens (tertiary/aromatic N) is 4. The molecule has 0 aliphatic rings. The first kappa shape index (κ1) is 15.0. The van der Waals surface area contributed by atoms with Crippen molar-refractivity contribution >= 4 is 29.6 Å². The summed E-state index contributed by atoms with van der Waals surface area (Å²) in [7, 11) is 1.78. The summed E-state index contributed by atoms with van der Waals surface area (Å²) in [6.07, 6.45) is 4.70. The van der Waals surface area contributed by atoms with Gasteiger partial charge in [-0.25, -0.2) is 0 Å². The lowest BCUT2D eigenvalue weighted by Gasteiger charge is -1.97. The quantitative estimate of drug-likeness (QED) is 0.744. The standard InChI is InChI=1S/C15H12ClN5O2/c1-21-9-8-12(20-21)14-18-19-15(23-14)17-13(22)7-6-10-4-2-3-5-11(10)16/h2-9H,1H3,(H,17,19,22). The van der Waals surface area contributed by atoms with Gasteiger partial charge in [0.25, 0.3) is 11.8 Å². The number of benzene rings is 1. The van der Waals surface area contributed by atoms with E-state index in [1.165, 1.54) is 6.08 Å². The van der Waals surface area contributed by atoms with Crippen LogP contribution in [0.4, 0.5) is 6.01 Å². The fourth-order valence-corrected chi connectivity index (χ4v) is 2.03. The zero-order valence-corrected chi connectivity index (χ0v) is 12.9. The molecule has 7 nitrogen and oxygen atoms in total. The van der Waals surface area contributed by atoms with Crippen molar-refractivity contribution < 1.29 is 9.21 Å². The molecule has 8 heteroatoms. The molecule has 0 radical (unpaired) electrons. The van der Waals surface area contributed by atoms with Crippen LogP contribution in [-0.4, -0.2) is 25.9 Å². The van der Waals surface area contributed by atoms with Crippen LogP contribution in [0.5, 0.6) is 0 Å². The molecule has 2 heterocycles. The molecule has 3 rings (SSSR count). The number of rotatable bonds is 4. The maximum absolute atomic E-state index is 11.9. The van der Waals surface area contributed by atoms with Gasteiger partial charge in [-0.3, -0.25) is 14.8 Å². The minimum absolute atomic E-state index is 0.000498. The SMILES string of the molecule is Cn1ccc(-c2nnc(NC(=O)C=Cc3ccccc3Cl)o2)n1. The Balaban J connectivity index is 1.67. The van der Waals surface area contributed by atoms with Crippen molar-refractivity contribution in [1.29, 1.82) is 0 Å². The van der Waals surface area contributed by atoms with Crippen molar-refractivity contribution in [2.75, 3.05) is 5.32 Å². The lowest BCUT2D eigenvalue weighted by Crippen LogP contribution is -2.07. The van der Waals surface area contributed by atoms with Gasteiger partial charge in [-0.15, -0.1) is 5.10 Å². The highest BCUT2D eigenvalue weighted by Gasteiger charge is 2.12. The molecule has 0 aliphatic heterocycles. The number of anilines is 1. The van der Waals surface area contributed by atoms with Crippen LogP contribution < -0.4 is 5.32 Å². The van der Waals surface area contributed by atoms with E-state index in [0.29, 0.717) is 10.7 Å². The molecule has 116 valence electrons. The Morgan fingerprint density at radius 2 is 2.13 bits per heavy atom. The lowest BCUT2D eigenvalue weighted by atomic mass is 10.2. The van der Waals surface area contributed by atoms with Gasteiger partial charge in [-0.05, 0) is 23.8 Å². The molecule has 0 saturated carbocycles. The molecule has 0 saturated heterocycles. The van der Waals surface area contributed by atoms with Crippen molar-refractivity contribution in [3.63, 3.8) is 0 Å².